The van der Waals surface area contributed by atoms with E-state index in [4.69, 9.17) is 0 Å². The highest BCUT2D eigenvalue weighted by Gasteiger charge is 2.33. The normalized spacial score (nSPS) is 19.1. The van der Waals surface area contributed by atoms with E-state index in [0.29, 0.717) is 5.66 Å². The lowest BCUT2D eigenvalue weighted by molar-refractivity contribution is 0.545. The van der Waals surface area contributed by atoms with Crippen molar-refractivity contribution >= 4 is 7.14 Å². The first kappa shape index (κ1) is 10.2. The third-order valence-electron chi connectivity index (χ3n) is 2.32. The molecule has 0 saturated carbocycles. The third-order valence-corrected chi connectivity index (χ3v) is 6.95. The minimum Gasteiger partial charge on any atom is -0.323 e. The average Bonchev–Trinajstić information content (AvgIpc) is 1.62. The molecule has 0 spiro atoms. The number of hydrogen-bond acceptors (Lipinski definition) is 1. The van der Waals surface area contributed by atoms with Crippen molar-refractivity contribution in [3.8, 4) is 0 Å². The topological polar surface area (TPSA) is 17.1 Å². The lowest BCUT2D eigenvalue weighted by atomic mass is 10.3. The van der Waals surface area contributed by atoms with Gasteiger partial charge in [-0.25, -0.2) is 0 Å². The summed E-state index contributed by atoms with van der Waals surface area (Å²) in [6.07, 6.45) is 0. The molecule has 0 bridgehead atoms. The molecule has 0 aliphatic rings. The van der Waals surface area contributed by atoms with E-state index in [9.17, 15) is 4.57 Å². The van der Waals surface area contributed by atoms with Gasteiger partial charge in [0.05, 0.1) is 7.14 Å². The zero-order chi connectivity index (χ0) is 8.58. The highest BCUT2D eigenvalue weighted by molar-refractivity contribution is 7.65. The van der Waals surface area contributed by atoms with E-state index in [1.165, 1.54) is 0 Å². The van der Waals surface area contributed by atoms with E-state index >= 15 is 0 Å². The Hall–Kier alpha value is 0.230. The Morgan fingerprint density at radius 1 is 1.20 bits per heavy atom. The first-order valence-electron chi connectivity index (χ1n) is 3.77. The van der Waals surface area contributed by atoms with Crippen LogP contribution in [0.4, 0.5) is 0 Å². The predicted molar refractivity (Wildman–Crippen MR) is 48.4 cm³/mol. The van der Waals surface area contributed by atoms with Crippen LogP contribution in [-0.2, 0) is 4.57 Å². The summed E-state index contributed by atoms with van der Waals surface area (Å²) in [5, 5.41) is -0.0266. The van der Waals surface area contributed by atoms with Gasteiger partial charge in [-0.1, -0.05) is 34.6 Å². The van der Waals surface area contributed by atoms with Crippen molar-refractivity contribution in [2.24, 2.45) is 0 Å². The molecule has 0 aromatic rings. The Morgan fingerprint density at radius 3 is 1.50 bits per heavy atom. The Labute approximate surface area is 64.6 Å². The highest BCUT2D eigenvalue weighted by atomic mass is 31.2. The quantitative estimate of drug-likeness (QED) is 0.541. The minimum atomic E-state index is -1.95. The van der Waals surface area contributed by atoms with Crippen molar-refractivity contribution in [2.45, 2.75) is 45.4 Å². The van der Waals surface area contributed by atoms with Crippen molar-refractivity contribution < 1.29 is 4.57 Å². The molecule has 0 aromatic carbocycles. The summed E-state index contributed by atoms with van der Waals surface area (Å²) >= 11 is 0. The van der Waals surface area contributed by atoms with Crippen LogP contribution in [0.25, 0.3) is 0 Å². The van der Waals surface area contributed by atoms with Gasteiger partial charge in [0.15, 0.2) is 0 Å². The van der Waals surface area contributed by atoms with Gasteiger partial charge in [0, 0.05) is 10.8 Å². The molecule has 0 rings (SSSR count). The maximum atomic E-state index is 11.9. The molecule has 1 unspecified atom stereocenters. The van der Waals surface area contributed by atoms with Crippen LogP contribution in [0, 0.1) is 0 Å². The Morgan fingerprint density at radius 2 is 1.50 bits per heavy atom. The summed E-state index contributed by atoms with van der Waals surface area (Å²) in [5.74, 6) is 0. The van der Waals surface area contributed by atoms with Crippen molar-refractivity contribution in [1.29, 1.82) is 0 Å². The summed E-state index contributed by atoms with van der Waals surface area (Å²) in [6.45, 7) is 12.1. The molecule has 0 N–H and O–H groups in total. The fourth-order valence-corrected chi connectivity index (χ4v) is 2.32. The summed E-state index contributed by atoms with van der Waals surface area (Å²) < 4.78 is 11.9. The zero-order valence-electron chi connectivity index (χ0n) is 7.93. The van der Waals surface area contributed by atoms with Crippen molar-refractivity contribution in [1.82, 2.24) is 0 Å². The molecular formula is C8H19OP. The molecule has 1 nitrogen and oxygen atoms in total. The maximum Gasteiger partial charge on any atom is 0.0922 e. The van der Waals surface area contributed by atoms with Crippen LogP contribution in [0.1, 0.15) is 34.6 Å². The smallest absolute Gasteiger partial charge is 0.0922 e. The van der Waals surface area contributed by atoms with Crippen LogP contribution < -0.4 is 0 Å². The fraction of sp³-hybridized carbons (Fsp3) is 1.00. The molecule has 0 amide bonds. The van der Waals surface area contributed by atoms with Crippen LogP contribution in [0.15, 0.2) is 0 Å². The van der Waals surface area contributed by atoms with Crippen LogP contribution >= 0.6 is 7.14 Å². The summed E-state index contributed by atoms with van der Waals surface area (Å²) in [6, 6.07) is 0. The average molecular weight is 162 g/mol. The Balaban J connectivity index is 4.59. The van der Waals surface area contributed by atoms with Crippen LogP contribution in [0.3, 0.4) is 0 Å². The van der Waals surface area contributed by atoms with Gasteiger partial charge in [-0.3, -0.25) is 0 Å². The molecule has 0 aliphatic heterocycles. The van der Waals surface area contributed by atoms with E-state index in [1.54, 1.807) is 0 Å². The van der Waals surface area contributed by atoms with Gasteiger partial charge in [-0.05, 0) is 6.66 Å². The highest BCUT2D eigenvalue weighted by Crippen LogP contribution is 2.57. The molecule has 0 saturated heterocycles. The second kappa shape index (κ2) is 2.70. The van der Waals surface area contributed by atoms with E-state index in [0.717, 1.165) is 0 Å². The van der Waals surface area contributed by atoms with Crippen molar-refractivity contribution in [3.63, 3.8) is 0 Å². The van der Waals surface area contributed by atoms with Crippen molar-refractivity contribution in [3.05, 3.63) is 0 Å². The summed E-state index contributed by atoms with van der Waals surface area (Å²) in [4.78, 5) is 0. The molecule has 10 heavy (non-hydrogen) atoms. The molecule has 0 heterocycles. The second-order valence-corrected chi connectivity index (χ2v) is 8.61. The van der Waals surface area contributed by atoms with E-state index < -0.39 is 7.14 Å². The predicted octanol–water partition coefficient (Wildman–Crippen LogP) is 3.19. The van der Waals surface area contributed by atoms with E-state index in [2.05, 4.69) is 0 Å². The van der Waals surface area contributed by atoms with Gasteiger partial charge in [0.2, 0.25) is 0 Å². The first-order chi connectivity index (χ1) is 4.19. The van der Waals surface area contributed by atoms with Crippen LogP contribution in [0.5, 0.6) is 0 Å². The van der Waals surface area contributed by atoms with E-state index in [1.807, 2.05) is 41.3 Å². The van der Waals surface area contributed by atoms with Crippen molar-refractivity contribution in [2.75, 3.05) is 6.66 Å². The van der Waals surface area contributed by atoms with Crippen LogP contribution in [-0.4, -0.2) is 17.5 Å². The molecule has 2 heteroatoms. The first-order valence-corrected chi connectivity index (χ1v) is 5.99. The third kappa shape index (κ3) is 1.85. The van der Waals surface area contributed by atoms with Gasteiger partial charge >= 0.3 is 0 Å². The Kier molecular flexibility index (Phi) is 2.76. The van der Waals surface area contributed by atoms with Crippen LogP contribution in [0.2, 0.25) is 0 Å². The largest absolute Gasteiger partial charge is 0.323 e. The van der Waals surface area contributed by atoms with Gasteiger partial charge in [0.25, 0.3) is 0 Å². The van der Waals surface area contributed by atoms with Gasteiger partial charge in [-0.2, -0.15) is 0 Å². The van der Waals surface area contributed by atoms with Gasteiger partial charge in [0.1, 0.15) is 0 Å². The zero-order valence-corrected chi connectivity index (χ0v) is 8.83. The number of hydrogen-bond donors (Lipinski definition) is 0. The minimum absolute atomic E-state index is 0.0266. The molecule has 0 aromatic heterocycles. The van der Waals surface area contributed by atoms with Gasteiger partial charge in [-0.15, -0.1) is 0 Å². The monoisotopic (exact) mass is 162 g/mol. The summed E-state index contributed by atoms with van der Waals surface area (Å²) in [5.41, 5.74) is 0.312. The van der Waals surface area contributed by atoms with E-state index in [-0.39, 0.29) is 5.16 Å². The lowest BCUT2D eigenvalue weighted by Gasteiger charge is -2.31. The lowest BCUT2D eigenvalue weighted by Crippen LogP contribution is -2.19. The molecular weight excluding hydrogens is 143 g/mol. The molecule has 0 fully saturated rings. The maximum absolute atomic E-state index is 11.9. The molecule has 1 atom stereocenters. The number of rotatable bonds is 1. The Bertz CT molecular complexity index is 153. The fourth-order valence-electron chi connectivity index (χ4n) is 0.775. The second-order valence-electron chi connectivity index (χ2n) is 4.25. The molecule has 0 radical (unpaired) electrons. The molecule has 62 valence electrons. The standard InChI is InChI=1S/C8H19OP/c1-7(2)10(6,9)8(3,4)5/h7H,1-6H3. The SMILES string of the molecule is CC(C)P(C)(=O)C(C)(C)C. The van der Waals surface area contributed by atoms with Gasteiger partial charge < -0.3 is 4.57 Å². The molecule has 0 aliphatic carbocycles. The summed E-state index contributed by atoms with van der Waals surface area (Å²) in [7, 11) is -1.95.